The van der Waals surface area contributed by atoms with Crippen LogP contribution in [0.15, 0.2) is 91.0 Å². The molecule has 0 aromatic heterocycles. The van der Waals surface area contributed by atoms with Crippen LogP contribution in [0.5, 0.6) is 23.0 Å². The summed E-state index contributed by atoms with van der Waals surface area (Å²) in [6.07, 6.45) is 10.8. The van der Waals surface area contributed by atoms with Gasteiger partial charge in [-0.25, -0.2) is 0 Å². The van der Waals surface area contributed by atoms with Crippen molar-refractivity contribution in [1.29, 1.82) is 0 Å². The fourth-order valence-electron chi connectivity index (χ4n) is 9.09. The number of ether oxygens (including phenoxy) is 6. The molecule has 1 N–H and O–H groups in total. The van der Waals surface area contributed by atoms with E-state index in [0.29, 0.717) is 13.2 Å². The summed E-state index contributed by atoms with van der Waals surface area (Å²) in [4.78, 5) is 2.48. The van der Waals surface area contributed by atoms with Gasteiger partial charge in [0.15, 0.2) is 5.60 Å². The molecule has 2 aliphatic heterocycles. The second kappa shape index (κ2) is 16.2. The zero-order valence-electron chi connectivity index (χ0n) is 33.1. The number of fused-ring (bicyclic) bond motifs is 8. The van der Waals surface area contributed by atoms with Crippen molar-refractivity contribution in [2.75, 3.05) is 65.7 Å². The maximum absolute atomic E-state index is 9.44. The molecule has 56 heavy (non-hydrogen) atoms. The number of aliphatic hydroxyl groups excluding tert-OH is 1. The van der Waals surface area contributed by atoms with Gasteiger partial charge in [0, 0.05) is 40.7 Å². The quantitative estimate of drug-likeness (QED) is 0.106. The third kappa shape index (κ3) is 6.47. The minimum atomic E-state index is -0.984. The molecule has 1 atom stereocenters. The van der Waals surface area contributed by atoms with Gasteiger partial charge in [0.1, 0.15) is 28.6 Å². The summed E-state index contributed by atoms with van der Waals surface area (Å²) in [6.45, 7) is 5.20. The van der Waals surface area contributed by atoms with E-state index >= 15 is 0 Å². The van der Waals surface area contributed by atoms with E-state index in [2.05, 4.69) is 84.6 Å². The van der Waals surface area contributed by atoms with Crippen molar-refractivity contribution < 1.29 is 33.5 Å². The fraction of sp³-hybridized carbons (Fsp3) is 0.375. The maximum Gasteiger partial charge on any atom is 0.178 e. The Hall–Kier alpha value is -5.02. The lowest BCUT2D eigenvalue weighted by Crippen LogP contribution is -2.36. The molecule has 8 rings (SSSR count). The smallest absolute Gasteiger partial charge is 0.178 e. The Labute approximate surface area is 330 Å². The molecule has 1 unspecified atom stereocenters. The second-order valence-corrected chi connectivity index (χ2v) is 14.9. The highest BCUT2D eigenvalue weighted by Gasteiger charge is 2.49. The van der Waals surface area contributed by atoms with Crippen LogP contribution in [0.4, 0.5) is 5.69 Å². The molecule has 0 radical (unpaired) electrons. The highest BCUT2D eigenvalue weighted by molar-refractivity contribution is 6.10. The Morgan fingerprint density at radius 2 is 1.46 bits per heavy atom. The third-order valence-electron chi connectivity index (χ3n) is 11.8. The molecule has 8 nitrogen and oxygen atoms in total. The standard InChI is InChI=1S/C48H53NO7/c1-5-6-23-48(55-30-29-54-28-27-50)41-13-9-8-12-37(41)44-39-31-42(49-25-10-7-11-26-49)43(53-4)32-40(39)46-38(45(44)48)22-24-47(56-46,33-14-18-35(51-2)19-15-33)34-16-20-36(52-3)21-17-34/h8-9,12-22,24,31-32,50H,5-7,10-11,23,25-30H2,1-4H3. The van der Waals surface area contributed by atoms with E-state index in [4.69, 9.17) is 28.4 Å². The van der Waals surface area contributed by atoms with Crippen LogP contribution < -0.4 is 23.8 Å². The van der Waals surface area contributed by atoms with Gasteiger partial charge >= 0.3 is 0 Å². The van der Waals surface area contributed by atoms with Gasteiger partial charge in [-0.2, -0.15) is 0 Å². The lowest BCUT2D eigenvalue weighted by Gasteiger charge is -2.40. The van der Waals surface area contributed by atoms with Gasteiger partial charge < -0.3 is 38.4 Å². The number of hydrogen-bond acceptors (Lipinski definition) is 8. The van der Waals surface area contributed by atoms with Crippen LogP contribution in [0, 0.1) is 0 Å². The van der Waals surface area contributed by atoms with Gasteiger partial charge in [-0.05, 0) is 90.2 Å². The van der Waals surface area contributed by atoms with Gasteiger partial charge in [-0.3, -0.25) is 0 Å². The molecular formula is C48H53NO7. The monoisotopic (exact) mass is 755 g/mol. The van der Waals surface area contributed by atoms with Crippen LogP contribution >= 0.6 is 0 Å². The molecule has 1 aliphatic carbocycles. The topological polar surface area (TPSA) is 78.9 Å². The van der Waals surface area contributed by atoms with E-state index in [1.165, 1.54) is 17.5 Å². The molecule has 3 aliphatic rings. The van der Waals surface area contributed by atoms with Crippen molar-refractivity contribution in [2.24, 2.45) is 0 Å². The largest absolute Gasteiger partial charge is 0.497 e. The number of methoxy groups -OCH3 is 3. The number of anilines is 1. The third-order valence-corrected chi connectivity index (χ3v) is 11.8. The average molecular weight is 756 g/mol. The molecule has 0 bridgehead atoms. The van der Waals surface area contributed by atoms with Crippen LogP contribution in [0.1, 0.15) is 73.3 Å². The SMILES string of the molecule is CCCCC1(OCCOCCO)c2ccccc2-c2c1c1c(c3cc(OC)c(N4CCCCC4)cc23)OC(c2ccc(OC)cc2)(c2ccc(OC)cc2)C=C1. The summed E-state index contributed by atoms with van der Waals surface area (Å²) < 4.78 is 38.1. The van der Waals surface area contributed by atoms with E-state index in [1.54, 1.807) is 21.3 Å². The van der Waals surface area contributed by atoms with Gasteiger partial charge in [-0.1, -0.05) is 74.4 Å². The lowest BCUT2D eigenvalue weighted by molar-refractivity contribution is -0.0533. The highest BCUT2D eigenvalue weighted by Crippen LogP contribution is 2.61. The number of benzene rings is 5. The van der Waals surface area contributed by atoms with E-state index in [0.717, 1.165) is 112 Å². The number of piperidine rings is 1. The van der Waals surface area contributed by atoms with Gasteiger partial charge in [-0.15, -0.1) is 0 Å². The number of unbranched alkanes of at least 4 members (excludes halogenated alkanes) is 1. The predicted molar refractivity (Wildman–Crippen MR) is 223 cm³/mol. The number of rotatable bonds is 15. The molecule has 5 aromatic carbocycles. The van der Waals surface area contributed by atoms with Crippen LogP contribution in [0.25, 0.3) is 28.0 Å². The Balaban J connectivity index is 1.44. The minimum absolute atomic E-state index is 0.0266. The van der Waals surface area contributed by atoms with Gasteiger partial charge in [0.2, 0.25) is 0 Å². The maximum atomic E-state index is 9.44. The Morgan fingerprint density at radius 1 is 0.768 bits per heavy atom. The van der Waals surface area contributed by atoms with E-state index < -0.39 is 11.2 Å². The molecular weight excluding hydrogens is 703 g/mol. The molecule has 0 saturated carbocycles. The van der Waals surface area contributed by atoms with Crippen LogP contribution in [-0.4, -0.2) is 66.0 Å². The molecule has 0 amide bonds. The second-order valence-electron chi connectivity index (χ2n) is 14.9. The summed E-state index contributed by atoms with van der Waals surface area (Å²) in [6, 6.07) is 29.6. The average Bonchev–Trinajstić information content (AvgIpc) is 3.55. The molecule has 0 spiro atoms. The zero-order chi connectivity index (χ0) is 38.7. The molecule has 5 aromatic rings. The first kappa shape index (κ1) is 37.9. The van der Waals surface area contributed by atoms with E-state index in [9.17, 15) is 5.11 Å². The van der Waals surface area contributed by atoms with Crippen LogP contribution in [-0.2, 0) is 20.7 Å². The minimum Gasteiger partial charge on any atom is -0.497 e. The normalized spacial score (nSPS) is 17.9. The summed E-state index contributed by atoms with van der Waals surface area (Å²) in [5.74, 6) is 3.16. The zero-order valence-corrected chi connectivity index (χ0v) is 33.1. The summed E-state index contributed by atoms with van der Waals surface area (Å²) in [5, 5.41) is 11.5. The highest BCUT2D eigenvalue weighted by atomic mass is 16.5. The van der Waals surface area contributed by atoms with Gasteiger partial charge in [0.25, 0.3) is 0 Å². The first-order valence-electron chi connectivity index (χ1n) is 20.1. The number of nitrogens with zero attached hydrogens (tertiary/aromatic N) is 1. The van der Waals surface area contributed by atoms with Gasteiger partial charge in [0.05, 0.1) is 53.4 Å². The van der Waals surface area contributed by atoms with Crippen molar-refractivity contribution in [3.05, 3.63) is 119 Å². The molecule has 2 heterocycles. The van der Waals surface area contributed by atoms with Crippen molar-refractivity contribution in [2.45, 2.75) is 56.7 Å². The summed E-state index contributed by atoms with van der Waals surface area (Å²) >= 11 is 0. The molecule has 1 saturated heterocycles. The predicted octanol–water partition coefficient (Wildman–Crippen LogP) is 9.65. The molecule has 1 fully saturated rings. The summed E-state index contributed by atoms with van der Waals surface area (Å²) in [5.41, 5.74) is 6.93. The van der Waals surface area contributed by atoms with Crippen molar-refractivity contribution in [3.8, 4) is 34.1 Å². The summed E-state index contributed by atoms with van der Waals surface area (Å²) in [7, 11) is 5.14. The van der Waals surface area contributed by atoms with E-state index in [1.807, 2.05) is 24.3 Å². The van der Waals surface area contributed by atoms with Crippen LogP contribution in [0.3, 0.4) is 0 Å². The number of aliphatic hydroxyl groups is 1. The lowest BCUT2D eigenvalue weighted by atomic mass is 9.78. The van der Waals surface area contributed by atoms with Crippen molar-refractivity contribution in [3.63, 3.8) is 0 Å². The van der Waals surface area contributed by atoms with Crippen molar-refractivity contribution in [1.82, 2.24) is 0 Å². The fourth-order valence-corrected chi connectivity index (χ4v) is 9.09. The van der Waals surface area contributed by atoms with E-state index in [-0.39, 0.29) is 13.2 Å². The first-order chi connectivity index (χ1) is 27.5. The van der Waals surface area contributed by atoms with Crippen molar-refractivity contribution >= 4 is 22.5 Å². The number of hydrogen-bond donors (Lipinski definition) is 1. The Bertz CT molecular complexity index is 2140. The van der Waals surface area contributed by atoms with Crippen LogP contribution in [0.2, 0.25) is 0 Å². The Kier molecular flexibility index (Phi) is 11.0. The molecule has 292 valence electrons. The first-order valence-corrected chi connectivity index (χ1v) is 20.1. The molecule has 8 heteroatoms. The Morgan fingerprint density at radius 3 is 2.11 bits per heavy atom.